The summed E-state index contributed by atoms with van der Waals surface area (Å²) in [4.78, 5) is 17.7. The molecule has 1 amide bonds. The Morgan fingerprint density at radius 2 is 1.78 bits per heavy atom. The first-order chi connectivity index (χ1) is 20.0. The number of rotatable bonds is 10. The van der Waals surface area contributed by atoms with E-state index in [0.29, 0.717) is 24.5 Å². The first kappa shape index (κ1) is 28.3. The molecule has 0 atom stereocenters. The second-order valence-electron chi connectivity index (χ2n) is 9.14. The normalized spacial score (nSPS) is 10.9. The molecule has 41 heavy (non-hydrogen) atoms. The maximum atomic E-state index is 15.0. The van der Waals surface area contributed by atoms with E-state index in [-0.39, 0.29) is 29.8 Å². The molecule has 3 aromatic carbocycles. The van der Waals surface area contributed by atoms with Crippen LogP contribution in [0.2, 0.25) is 0 Å². The molecule has 0 saturated heterocycles. The zero-order chi connectivity index (χ0) is 28.6. The zero-order valence-electron chi connectivity index (χ0n) is 21.9. The Morgan fingerprint density at radius 1 is 0.976 bits per heavy atom. The van der Waals surface area contributed by atoms with Crippen molar-refractivity contribution < 1.29 is 19.0 Å². The number of carbonyl (C=O) groups excluding carboxylic acids is 1. The van der Waals surface area contributed by atoms with E-state index >= 15 is 4.39 Å². The van der Waals surface area contributed by atoms with Gasteiger partial charge in [0, 0.05) is 42.0 Å². The number of anilines is 1. The third kappa shape index (κ3) is 7.50. The van der Waals surface area contributed by atoms with E-state index in [2.05, 4.69) is 20.9 Å². The first-order valence-corrected chi connectivity index (χ1v) is 14.1. The quantitative estimate of drug-likeness (QED) is 0.117. The summed E-state index contributed by atoms with van der Waals surface area (Å²) in [5.41, 5.74) is 4.16. The van der Waals surface area contributed by atoms with Gasteiger partial charge in [0.1, 0.15) is 5.75 Å². The maximum absolute atomic E-state index is 15.0. The Hall–Kier alpha value is -4.22. The largest absolute Gasteiger partial charge is 0.453 e. The number of thiocarbonyl (C=S) groups is 1. The number of pyridine rings is 1. The molecule has 0 fully saturated rings. The fourth-order valence-electron chi connectivity index (χ4n) is 4.13. The number of aliphatic hydroxyl groups is 1. The van der Waals surface area contributed by atoms with E-state index in [4.69, 9.17) is 22.1 Å². The number of nitrogens with one attached hydrogen (secondary N) is 3. The van der Waals surface area contributed by atoms with Gasteiger partial charge < -0.3 is 25.8 Å². The molecule has 2 heterocycles. The molecule has 7 nitrogen and oxygen atoms in total. The summed E-state index contributed by atoms with van der Waals surface area (Å²) in [5, 5.41) is 17.6. The fraction of sp³-hybridized carbons (Fsp3) is 0.129. The summed E-state index contributed by atoms with van der Waals surface area (Å²) in [7, 11) is 0. The summed E-state index contributed by atoms with van der Waals surface area (Å²) in [5.74, 6) is -0.297. The summed E-state index contributed by atoms with van der Waals surface area (Å²) in [6, 6.07) is 25.6. The molecule has 0 aliphatic heterocycles. The zero-order valence-corrected chi connectivity index (χ0v) is 23.5. The van der Waals surface area contributed by atoms with Crippen molar-refractivity contribution >= 4 is 50.5 Å². The van der Waals surface area contributed by atoms with Crippen molar-refractivity contribution in [1.82, 2.24) is 15.6 Å². The smallest absolute Gasteiger partial charge is 0.230 e. The fourth-order valence-corrected chi connectivity index (χ4v) is 5.43. The first-order valence-electron chi connectivity index (χ1n) is 12.9. The van der Waals surface area contributed by atoms with Crippen LogP contribution < -0.4 is 20.7 Å². The molecule has 4 N–H and O–H groups in total. The molecule has 0 aliphatic carbocycles. The maximum Gasteiger partial charge on any atom is 0.230 e. The summed E-state index contributed by atoms with van der Waals surface area (Å²) >= 11 is 6.74. The number of thiophene rings is 1. The van der Waals surface area contributed by atoms with Crippen molar-refractivity contribution in [3.63, 3.8) is 0 Å². The molecule has 5 aromatic rings. The summed E-state index contributed by atoms with van der Waals surface area (Å²) in [6.07, 6.45) is 1.82. The number of fused-ring (bicyclic) bond motifs is 1. The second-order valence-corrected chi connectivity index (χ2v) is 10.6. The predicted octanol–water partition coefficient (Wildman–Crippen LogP) is 6.03. The number of ether oxygens (including phenoxy) is 1. The van der Waals surface area contributed by atoms with Crippen LogP contribution in [-0.2, 0) is 17.8 Å². The average molecular weight is 587 g/mol. The van der Waals surface area contributed by atoms with Gasteiger partial charge in [0.25, 0.3) is 0 Å². The van der Waals surface area contributed by atoms with Gasteiger partial charge in [-0.1, -0.05) is 54.6 Å². The van der Waals surface area contributed by atoms with Crippen LogP contribution in [-0.4, -0.2) is 34.3 Å². The highest BCUT2D eigenvalue weighted by molar-refractivity contribution is 7.80. The Labute approximate surface area is 246 Å². The topological polar surface area (TPSA) is 95.5 Å². The number of hydrogen-bond donors (Lipinski definition) is 4. The molecule has 2 aromatic heterocycles. The van der Waals surface area contributed by atoms with Crippen molar-refractivity contribution in [2.45, 2.75) is 13.0 Å². The number of carbonyl (C=O) groups is 1. The van der Waals surface area contributed by atoms with Gasteiger partial charge in [0.05, 0.1) is 23.2 Å². The molecule has 0 spiro atoms. The Kier molecular flexibility index (Phi) is 9.27. The van der Waals surface area contributed by atoms with E-state index in [1.165, 1.54) is 23.5 Å². The van der Waals surface area contributed by atoms with Crippen molar-refractivity contribution in [3.05, 3.63) is 108 Å². The number of halogens is 1. The number of aliphatic hydroxyl groups excluding tert-OH is 1. The van der Waals surface area contributed by atoms with Gasteiger partial charge in [0.2, 0.25) is 5.91 Å². The Bertz CT molecular complexity index is 1660. The third-order valence-corrected chi connectivity index (χ3v) is 7.49. The molecule has 5 rings (SSSR count). The molecule has 10 heteroatoms. The van der Waals surface area contributed by atoms with E-state index in [0.717, 1.165) is 31.8 Å². The molecule has 208 valence electrons. The summed E-state index contributed by atoms with van der Waals surface area (Å²) < 4.78 is 21.8. The molecular formula is C31H27FN4O3S2. The van der Waals surface area contributed by atoms with Gasteiger partial charge in [-0.25, -0.2) is 4.39 Å². The number of benzene rings is 3. The predicted molar refractivity (Wildman–Crippen MR) is 165 cm³/mol. The van der Waals surface area contributed by atoms with E-state index < -0.39 is 5.82 Å². The highest BCUT2D eigenvalue weighted by Crippen LogP contribution is 2.39. The van der Waals surface area contributed by atoms with E-state index in [1.807, 2.05) is 60.7 Å². The number of amides is 1. The minimum Gasteiger partial charge on any atom is -0.453 e. The van der Waals surface area contributed by atoms with Crippen molar-refractivity contribution in [3.8, 4) is 21.9 Å². The van der Waals surface area contributed by atoms with Crippen LogP contribution in [0.25, 0.3) is 20.7 Å². The lowest BCUT2D eigenvalue weighted by molar-refractivity contribution is -0.119. The van der Waals surface area contributed by atoms with Gasteiger partial charge >= 0.3 is 0 Å². The lowest BCUT2D eigenvalue weighted by atomic mass is 10.1. The third-order valence-electron chi connectivity index (χ3n) is 6.10. The molecular weight excluding hydrogens is 559 g/mol. The van der Waals surface area contributed by atoms with Crippen LogP contribution in [0.15, 0.2) is 91.1 Å². The lowest BCUT2D eigenvalue weighted by Gasteiger charge is -2.12. The monoisotopic (exact) mass is 586 g/mol. The standard InChI is InChI=1S/C31H27FN4O3S2/c32-24-17-23(35-31(40)36-29(38)16-20-4-2-1-3-5-20)10-11-26(24)39-27-12-13-34-25-18-28(41-30(25)27)22-8-6-21(7-9-22)19-33-14-15-37/h1-13,17-18,33,37H,14-16,19H2,(H2,35,36,38,40). The lowest BCUT2D eigenvalue weighted by Crippen LogP contribution is -2.35. The van der Waals surface area contributed by atoms with Crippen LogP contribution in [0.1, 0.15) is 11.1 Å². The minimum absolute atomic E-state index is 0.0526. The Balaban J connectivity index is 1.24. The van der Waals surface area contributed by atoms with Crippen LogP contribution >= 0.6 is 23.6 Å². The molecule has 0 radical (unpaired) electrons. The highest BCUT2D eigenvalue weighted by atomic mass is 32.1. The van der Waals surface area contributed by atoms with Crippen LogP contribution in [0.4, 0.5) is 10.1 Å². The van der Waals surface area contributed by atoms with Crippen molar-refractivity contribution in [2.24, 2.45) is 0 Å². The molecule has 0 aliphatic rings. The van der Waals surface area contributed by atoms with Crippen molar-refractivity contribution in [2.75, 3.05) is 18.5 Å². The number of hydrogen-bond acceptors (Lipinski definition) is 7. The molecule has 0 bridgehead atoms. The Morgan fingerprint density at radius 3 is 2.54 bits per heavy atom. The SMILES string of the molecule is O=C(Cc1ccccc1)NC(=S)Nc1ccc(Oc2ccnc3cc(-c4ccc(CNCCO)cc4)sc23)c(F)c1. The second kappa shape index (κ2) is 13.4. The molecule has 0 unspecified atom stereocenters. The average Bonchev–Trinajstić information content (AvgIpc) is 3.41. The number of aromatic nitrogens is 1. The number of nitrogens with zero attached hydrogens (tertiary/aromatic N) is 1. The van der Waals surface area contributed by atoms with E-state index in [1.54, 1.807) is 18.3 Å². The minimum atomic E-state index is -0.583. The van der Waals surface area contributed by atoms with Gasteiger partial charge in [-0.05, 0) is 47.1 Å². The van der Waals surface area contributed by atoms with Gasteiger partial charge in [-0.3, -0.25) is 9.78 Å². The van der Waals surface area contributed by atoms with Gasteiger partial charge in [-0.15, -0.1) is 11.3 Å². The van der Waals surface area contributed by atoms with Crippen LogP contribution in [0.3, 0.4) is 0 Å². The molecule has 0 saturated carbocycles. The van der Waals surface area contributed by atoms with E-state index in [9.17, 15) is 4.79 Å². The highest BCUT2D eigenvalue weighted by Gasteiger charge is 2.14. The van der Waals surface area contributed by atoms with Gasteiger partial charge in [0.15, 0.2) is 16.7 Å². The van der Waals surface area contributed by atoms with Crippen LogP contribution in [0.5, 0.6) is 11.5 Å². The van der Waals surface area contributed by atoms with Crippen molar-refractivity contribution in [1.29, 1.82) is 0 Å². The van der Waals surface area contributed by atoms with Gasteiger partial charge in [-0.2, -0.15) is 0 Å². The summed E-state index contributed by atoms with van der Waals surface area (Å²) in [6.45, 7) is 1.33. The van der Waals surface area contributed by atoms with Crippen LogP contribution in [0, 0.1) is 5.82 Å².